The van der Waals surface area contributed by atoms with Crippen LogP contribution in [-0.4, -0.2) is 15.8 Å². The Balaban J connectivity index is 2.35. The van der Waals surface area contributed by atoms with Gasteiger partial charge in [-0.3, -0.25) is 4.68 Å². The second kappa shape index (κ2) is 5.68. The third-order valence-electron chi connectivity index (χ3n) is 2.87. The van der Waals surface area contributed by atoms with Crippen LogP contribution in [0, 0.1) is 11.3 Å². The number of nitrogens with zero attached hydrogens (tertiary/aromatic N) is 3. The zero-order valence-electron chi connectivity index (χ0n) is 11.5. The number of hydrogen-bond acceptors (Lipinski definition) is 3. The third-order valence-corrected chi connectivity index (χ3v) is 2.87. The normalized spacial score (nSPS) is 10.7. The monoisotopic (exact) mass is 254 g/mol. The van der Waals surface area contributed by atoms with E-state index in [1.165, 1.54) is 0 Å². The van der Waals surface area contributed by atoms with Crippen LogP contribution in [0.15, 0.2) is 30.5 Å². The second-order valence-electron chi connectivity index (χ2n) is 4.90. The first-order valence-electron chi connectivity index (χ1n) is 6.36. The fourth-order valence-corrected chi connectivity index (χ4v) is 1.96. The summed E-state index contributed by atoms with van der Waals surface area (Å²) in [6.45, 7) is 5.01. The van der Waals surface area contributed by atoms with Crippen molar-refractivity contribution in [2.75, 3.05) is 0 Å². The Hall–Kier alpha value is -2.12. The molecule has 0 atom stereocenters. The van der Waals surface area contributed by atoms with Crippen molar-refractivity contribution in [3.8, 4) is 17.3 Å². The predicted octanol–water partition coefficient (Wildman–Crippen LogP) is 2.46. The Morgan fingerprint density at radius 2 is 2.21 bits per heavy atom. The summed E-state index contributed by atoms with van der Waals surface area (Å²) in [5, 5.41) is 16.9. The molecule has 0 saturated carbocycles. The van der Waals surface area contributed by atoms with E-state index in [9.17, 15) is 0 Å². The van der Waals surface area contributed by atoms with E-state index in [-0.39, 0.29) is 0 Å². The molecule has 0 bridgehead atoms. The maximum Gasteiger partial charge on any atom is 0.0991 e. The lowest BCUT2D eigenvalue weighted by Crippen LogP contribution is -2.21. The molecule has 0 unspecified atom stereocenters. The largest absolute Gasteiger partial charge is 0.310 e. The lowest BCUT2D eigenvalue weighted by Gasteiger charge is -2.08. The highest BCUT2D eigenvalue weighted by Gasteiger charge is 2.10. The van der Waals surface area contributed by atoms with Gasteiger partial charge in [-0.25, -0.2) is 0 Å². The number of hydrogen-bond donors (Lipinski definition) is 1. The molecule has 0 aliphatic heterocycles. The van der Waals surface area contributed by atoms with E-state index in [0.717, 1.165) is 23.4 Å². The Labute approximate surface area is 113 Å². The van der Waals surface area contributed by atoms with E-state index in [2.05, 4.69) is 30.3 Å². The third kappa shape index (κ3) is 3.21. The maximum atomic E-state index is 8.97. The lowest BCUT2D eigenvalue weighted by molar-refractivity contribution is 0.589. The summed E-state index contributed by atoms with van der Waals surface area (Å²) in [6, 6.07) is 10.2. The molecule has 0 spiro atoms. The summed E-state index contributed by atoms with van der Waals surface area (Å²) >= 11 is 0. The minimum Gasteiger partial charge on any atom is -0.310 e. The molecule has 2 rings (SSSR count). The van der Waals surface area contributed by atoms with Crippen LogP contribution in [-0.2, 0) is 13.6 Å². The van der Waals surface area contributed by atoms with Crippen molar-refractivity contribution in [1.29, 1.82) is 5.26 Å². The van der Waals surface area contributed by atoms with Crippen LogP contribution in [0.2, 0.25) is 0 Å². The molecule has 0 amide bonds. The van der Waals surface area contributed by atoms with Gasteiger partial charge in [-0.05, 0) is 12.1 Å². The van der Waals surface area contributed by atoms with Crippen LogP contribution in [0.5, 0.6) is 0 Å². The molecule has 19 heavy (non-hydrogen) atoms. The van der Waals surface area contributed by atoms with E-state index >= 15 is 0 Å². The lowest BCUT2D eigenvalue weighted by atomic mass is 10.1. The van der Waals surface area contributed by atoms with Crippen molar-refractivity contribution >= 4 is 0 Å². The molecule has 4 nitrogen and oxygen atoms in total. The maximum absolute atomic E-state index is 8.97. The van der Waals surface area contributed by atoms with Crippen molar-refractivity contribution in [3.63, 3.8) is 0 Å². The fourth-order valence-electron chi connectivity index (χ4n) is 1.96. The smallest absolute Gasteiger partial charge is 0.0991 e. The van der Waals surface area contributed by atoms with Gasteiger partial charge < -0.3 is 5.32 Å². The molecule has 0 radical (unpaired) electrons. The van der Waals surface area contributed by atoms with Gasteiger partial charge in [0.2, 0.25) is 0 Å². The van der Waals surface area contributed by atoms with Gasteiger partial charge in [0.25, 0.3) is 0 Å². The van der Waals surface area contributed by atoms with Crippen LogP contribution in [0.1, 0.15) is 25.0 Å². The fraction of sp³-hybridized carbons (Fsp3) is 0.333. The van der Waals surface area contributed by atoms with E-state index in [0.29, 0.717) is 11.6 Å². The van der Waals surface area contributed by atoms with Crippen LogP contribution in [0.4, 0.5) is 0 Å². The molecule has 98 valence electrons. The van der Waals surface area contributed by atoms with Gasteiger partial charge >= 0.3 is 0 Å². The van der Waals surface area contributed by atoms with Crippen molar-refractivity contribution in [3.05, 3.63) is 41.6 Å². The summed E-state index contributed by atoms with van der Waals surface area (Å²) in [5.41, 5.74) is 3.73. The molecule has 0 aliphatic carbocycles. The standard InChI is InChI=1S/C15H18N4/c1-11(2)17-9-14-10-19(3)18-15(14)13-6-4-5-12(7-13)8-16/h4-7,10-11,17H,9H2,1-3H3. The number of benzene rings is 1. The highest BCUT2D eigenvalue weighted by atomic mass is 15.3. The Morgan fingerprint density at radius 1 is 1.42 bits per heavy atom. The van der Waals surface area contributed by atoms with Gasteiger partial charge in [0.15, 0.2) is 0 Å². The number of aryl methyl sites for hydroxylation is 1. The SMILES string of the molecule is CC(C)NCc1cn(C)nc1-c1cccc(C#N)c1. The highest BCUT2D eigenvalue weighted by Crippen LogP contribution is 2.22. The van der Waals surface area contributed by atoms with Crippen molar-refractivity contribution in [2.45, 2.75) is 26.4 Å². The highest BCUT2D eigenvalue weighted by molar-refractivity contribution is 5.64. The van der Waals surface area contributed by atoms with Crippen molar-refractivity contribution in [2.24, 2.45) is 7.05 Å². The first-order valence-corrected chi connectivity index (χ1v) is 6.36. The van der Waals surface area contributed by atoms with E-state index in [1.807, 2.05) is 36.1 Å². The average Bonchev–Trinajstić information content (AvgIpc) is 2.77. The predicted molar refractivity (Wildman–Crippen MR) is 75.3 cm³/mol. The molecular formula is C15H18N4. The summed E-state index contributed by atoms with van der Waals surface area (Å²) in [4.78, 5) is 0. The van der Waals surface area contributed by atoms with Gasteiger partial charge in [0.05, 0.1) is 17.3 Å². The van der Waals surface area contributed by atoms with Gasteiger partial charge in [-0.15, -0.1) is 0 Å². The summed E-state index contributed by atoms with van der Waals surface area (Å²) in [5.74, 6) is 0. The molecule has 1 aromatic heterocycles. The minimum absolute atomic E-state index is 0.429. The van der Waals surface area contributed by atoms with Gasteiger partial charge in [-0.1, -0.05) is 26.0 Å². The molecule has 2 aromatic rings. The number of rotatable bonds is 4. The molecule has 0 fully saturated rings. The zero-order valence-corrected chi connectivity index (χ0v) is 11.5. The average molecular weight is 254 g/mol. The number of nitrogens with one attached hydrogen (secondary N) is 1. The Morgan fingerprint density at radius 3 is 2.89 bits per heavy atom. The molecule has 1 N–H and O–H groups in total. The molecular weight excluding hydrogens is 236 g/mol. The van der Waals surface area contributed by atoms with Gasteiger partial charge in [0, 0.05) is 37.0 Å². The topological polar surface area (TPSA) is 53.6 Å². The summed E-state index contributed by atoms with van der Waals surface area (Å²) < 4.78 is 1.81. The van der Waals surface area contributed by atoms with E-state index < -0.39 is 0 Å². The molecule has 0 saturated heterocycles. The van der Waals surface area contributed by atoms with Gasteiger partial charge in [-0.2, -0.15) is 10.4 Å². The molecule has 1 heterocycles. The molecule has 4 heteroatoms. The van der Waals surface area contributed by atoms with Crippen molar-refractivity contribution < 1.29 is 0 Å². The number of nitriles is 1. The van der Waals surface area contributed by atoms with Gasteiger partial charge in [0.1, 0.15) is 0 Å². The first kappa shape index (κ1) is 13.3. The first-order chi connectivity index (χ1) is 9.10. The zero-order chi connectivity index (χ0) is 13.8. The van der Waals surface area contributed by atoms with Crippen LogP contribution >= 0.6 is 0 Å². The molecule has 0 aliphatic rings. The Kier molecular flexibility index (Phi) is 3.98. The number of aromatic nitrogens is 2. The van der Waals surface area contributed by atoms with Crippen LogP contribution < -0.4 is 5.32 Å². The second-order valence-corrected chi connectivity index (χ2v) is 4.90. The Bertz CT molecular complexity index is 605. The van der Waals surface area contributed by atoms with Crippen LogP contribution in [0.25, 0.3) is 11.3 Å². The summed E-state index contributed by atoms with van der Waals surface area (Å²) in [6.07, 6.45) is 2.02. The summed E-state index contributed by atoms with van der Waals surface area (Å²) in [7, 11) is 1.91. The minimum atomic E-state index is 0.429. The quantitative estimate of drug-likeness (QED) is 0.911. The van der Waals surface area contributed by atoms with Crippen molar-refractivity contribution in [1.82, 2.24) is 15.1 Å². The van der Waals surface area contributed by atoms with E-state index in [1.54, 1.807) is 6.07 Å². The molecule has 1 aromatic carbocycles. The van der Waals surface area contributed by atoms with Crippen LogP contribution in [0.3, 0.4) is 0 Å². The van der Waals surface area contributed by atoms with E-state index in [4.69, 9.17) is 5.26 Å².